The Hall–Kier alpha value is -1.89. The van der Waals surface area contributed by atoms with Crippen LogP contribution in [0.1, 0.15) is 28.8 Å². The van der Waals surface area contributed by atoms with Gasteiger partial charge in [0.05, 0.1) is 0 Å². The number of carbonyl (C=O) groups is 1. The maximum Gasteiger partial charge on any atom is 0.253 e. The summed E-state index contributed by atoms with van der Waals surface area (Å²) in [6.07, 6.45) is 4.72. The number of nitrogens with zero attached hydrogens (tertiary/aromatic N) is 1. The Labute approximate surface area is 105 Å². The SMILES string of the molecule is C#Cc1cccc(C(=O)N2CCC(F)(F)CC2)c1. The van der Waals surface area contributed by atoms with Gasteiger partial charge in [-0.25, -0.2) is 8.78 Å². The maximum atomic E-state index is 13.0. The fourth-order valence-electron chi connectivity index (χ4n) is 1.96. The molecule has 1 aromatic rings. The molecule has 1 aromatic carbocycles. The monoisotopic (exact) mass is 249 g/mol. The second-order valence-electron chi connectivity index (χ2n) is 4.37. The molecular formula is C14H13F2NO. The third-order valence-corrected chi connectivity index (χ3v) is 3.06. The summed E-state index contributed by atoms with van der Waals surface area (Å²) in [4.78, 5) is 13.5. The summed E-state index contributed by atoms with van der Waals surface area (Å²) in [7, 11) is 0. The maximum absolute atomic E-state index is 13.0. The lowest BCUT2D eigenvalue weighted by molar-refractivity contribution is -0.0494. The summed E-state index contributed by atoms with van der Waals surface area (Å²) in [5.74, 6) is -0.428. The molecule has 1 aliphatic rings. The van der Waals surface area contributed by atoms with Crippen LogP contribution in [0.15, 0.2) is 24.3 Å². The molecular weight excluding hydrogens is 236 g/mol. The minimum absolute atomic E-state index is 0.0894. The van der Waals surface area contributed by atoms with Gasteiger partial charge in [0.25, 0.3) is 11.8 Å². The highest BCUT2D eigenvalue weighted by molar-refractivity contribution is 5.94. The van der Waals surface area contributed by atoms with Crippen molar-refractivity contribution in [1.29, 1.82) is 0 Å². The van der Waals surface area contributed by atoms with E-state index in [-0.39, 0.29) is 31.8 Å². The summed E-state index contributed by atoms with van der Waals surface area (Å²) < 4.78 is 26.0. The van der Waals surface area contributed by atoms with Crippen LogP contribution in [0.25, 0.3) is 0 Å². The van der Waals surface area contributed by atoms with Crippen LogP contribution in [-0.4, -0.2) is 29.8 Å². The number of piperidine rings is 1. The highest BCUT2D eigenvalue weighted by Crippen LogP contribution is 2.28. The van der Waals surface area contributed by atoms with E-state index in [1.807, 2.05) is 0 Å². The van der Waals surface area contributed by atoms with Gasteiger partial charge in [0.2, 0.25) is 0 Å². The first-order valence-corrected chi connectivity index (χ1v) is 5.76. The van der Waals surface area contributed by atoms with Crippen LogP contribution in [0.3, 0.4) is 0 Å². The van der Waals surface area contributed by atoms with Crippen molar-refractivity contribution in [3.05, 3.63) is 35.4 Å². The minimum Gasteiger partial charge on any atom is -0.338 e. The molecule has 0 bridgehead atoms. The average Bonchev–Trinajstić information content (AvgIpc) is 2.38. The number of amides is 1. The molecule has 0 spiro atoms. The van der Waals surface area contributed by atoms with Crippen molar-refractivity contribution in [3.63, 3.8) is 0 Å². The number of likely N-dealkylation sites (tertiary alicyclic amines) is 1. The molecule has 18 heavy (non-hydrogen) atoms. The van der Waals surface area contributed by atoms with E-state index in [9.17, 15) is 13.6 Å². The van der Waals surface area contributed by atoms with E-state index in [1.54, 1.807) is 24.3 Å². The molecule has 0 atom stereocenters. The Kier molecular flexibility index (Phi) is 3.33. The van der Waals surface area contributed by atoms with Gasteiger partial charge in [-0.1, -0.05) is 12.0 Å². The number of benzene rings is 1. The van der Waals surface area contributed by atoms with E-state index in [4.69, 9.17) is 6.42 Å². The fourth-order valence-corrected chi connectivity index (χ4v) is 1.96. The summed E-state index contributed by atoms with van der Waals surface area (Å²) in [5, 5.41) is 0. The van der Waals surface area contributed by atoms with Crippen LogP contribution < -0.4 is 0 Å². The zero-order valence-corrected chi connectivity index (χ0v) is 9.83. The molecule has 2 rings (SSSR count). The second-order valence-corrected chi connectivity index (χ2v) is 4.37. The van der Waals surface area contributed by atoms with E-state index in [0.717, 1.165) is 0 Å². The first kappa shape index (κ1) is 12.6. The molecule has 1 fully saturated rings. The predicted molar refractivity (Wildman–Crippen MR) is 64.5 cm³/mol. The van der Waals surface area contributed by atoms with Crippen molar-refractivity contribution < 1.29 is 13.6 Å². The van der Waals surface area contributed by atoms with E-state index in [0.29, 0.717) is 11.1 Å². The Bertz CT molecular complexity index is 495. The Morgan fingerprint density at radius 1 is 1.33 bits per heavy atom. The summed E-state index contributed by atoms with van der Waals surface area (Å²) >= 11 is 0. The largest absolute Gasteiger partial charge is 0.338 e. The van der Waals surface area contributed by atoms with E-state index >= 15 is 0 Å². The molecule has 0 radical (unpaired) electrons. The number of halogens is 2. The topological polar surface area (TPSA) is 20.3 Å². The van der Waals surface area contributed by atoms with Crippen molar-refractivity contribution in [1.82, 2.24) is 4.90 Å². The normalized spacial score (nSPS) is 18.2. The summed E-state index contributed by atoms with van der Waals surface area (Å²) in [6.45, 7) is 0.179. The first-order chi connectivity index (χ1) is 8.52. The van der Waals surface area contributed by atoms with Gasteiger partial charge in [0, 0.05) is 37.1 Å². The van der Waals surface area contributed by atoms with Gasteiger partial charge in [-0.05, 0) is 18.2 Å². The molecule has 1 heterocycles. The quantitative estimate of drug-likeness (QED) is 0.700. The molecule has 0 aromatic heterocycles. The molecule has 4 heteroatoms. The molecule has 0 N–H and O–H groups in total. The highest BCUT2D eigenvalue weighted by atomic mass is 19.3. The number of rotatable bonds is 1. The zero-order valence-electron chi connectivity index (χ0n) is 9.83. The van der Waals surface area contributed by atoms with Gasteiger partial charge >= 0.3 is 0 Å². The average molecular weight is 249 g/mol. The van der Waals surface area contributed by atoms with Gasteiger partial charge < -0.3 is 4.90 Å². The van der Waals surface area contributed by atoms with Crippen LogP contribution >= 0.6 is 0 Å². The smallest absolute Gasteiger partial charge is 0.253 e. The van der Waals surface area contributed by atoms with Crippen LogP contribution in [0.5, 0.6) is 0 Å². The van der Waals surface area contributed by atoms with Gasteiger partial charge in [-0.2, -0.15) is 0 Å². The zero-order chi connectivity index (χ0) is 13.2. The number of alkyl halides is 2. The molecule has 1 saturated heterocycles. The van der Waals surface area contributed by atoms with Gasteiger partial charge in [0.15, 0.2) is 0 Å². The second kappa shape index (κ2) is 4.77. The van der Waals surface area contributed by atoms with Crippen molar-refractivity contribution in [2.75, 3.05) is 13.1 Å². The van der Waals surface area contributed by atoms with Crippen LogP contribution in [0.4, 0.5) is 8.78 Å². The Morgan fingerprint density at radius 2 is 2.00 bits per heavy atom. The van der Waals surface area contributed by atoms with Crippen LogP contribution in [0, 0.1) is 12.3 Å². The highest BCUT2D eigenvalue weighted by Gasteiger charge is 2.35. The van der Waals surface area contributed by atoms with E-state index < -0.39 is 5.92 Å². The fraction of sp³-hybridized carbons (Fsp3) is 0.357. The van der Waals surface area contributed by atoms with Gasteiger partial charge in [-0.15, -0.1) is 6.42 Å². The number of terminal acetylenes is 1. The molecule has 0 unspecified atom stereocenters. The summed E-state index contributed by atoms with van der Waals surface area (Å²) in [5.41, 5.74) is 1.07. The Morgan fingerprint density at radius 3 is 2.61 bits per heavy atom. The lowest BCUT2D eigenvalue weighted by Gasteiger charge is -2.31. The molecule has 94 valence electrons. The number of hydrogen-bond acceptors (Lipinski definition) is 1. The molecule has 2 nitrogen and oxygen atoms in total. The van der Waals surface area contributed by atoms with Crippen molar-refractivity contribution in [2.45, 2.75) is 18.8 Å². The van der Waals surface area contributed by atoms with Crippen molar-refractivity contribution in [2.24, 2.45) is 0 Å². The number of hydrogen-bond donors (Lipinski definition) is 0. The molecule has 0 aliphatic carbocycles. The van der Waals surface area contributed by atoms with Crippen LogP contribution in [-0.2, 0) is 0 Å². The third kappa shape index (κ3) is 2.67. The van der Waals surface area contributed by atoms with Crippen molar-refractivity contribution in [3.8, 4) is 12.3 Å². The van der Waals surface area contributed by atoms with E-state index in [2.05, 4.69) is 5.92 Å². The first-order valence-electron chi connectivity index (χ1n) is 5.76. The summed E-state index contributed by atoms with van der Waals surface area (Å²) in [6, 6.07) is 6.67. The minimum atomic E-state index is -2.64. The van der Waals surface area contributed by atoms with Crippen LogP contribution in [0.2, 0.25) is 0 Å². The predicted octanol–water partition coefficient (Wildman–Crippen LogP) is 2.54. The standard InChI is InChI=1S/C14H13F2NO/c1-2-11-4-3-5-12(10-11)13(18)17-8-6-14(15,16)7-9-17/h1,3-5,10H,6-9H2. The molecule has 0 saturated carbocycles. The van der Waals surface area contributed by atoms with Gasteiger partial charge in [0.1, 0.15) is 0 Å². The van der Waals surface area contributed by atoms with Gasteiger partial charge in [-0.3, -0.25) is 4.79 Å². The lowest BCUT2D eigenvalue weighted by atomic mass is 10.0. The lowest BCUT2D eigenvalue weighted by Crippen LogP contribution is -2.42. The third-order valence-electron chi connectivity index (χ3n) is 3.06. The molecule has 1 aliphatic heterocycles. The van der Waals surface area contributed by atoms with E-state index in [1.165, 1.54) is 4.90 Å². The Balaban J connectivity index is 2.10. The number of carbonyl (C=O) groups excluding carboxylic acids is 1. The van der Waals surface area contributed by atoms with Crippen molar-refractivity contribution >= 4 is 5.91 Å². The molecule has 1 amide bonds.